The van der Waals surface area contributed by atoms with E-state index >= 15 is 0 Å². The Balaban J connectivity index is 1.19. The van der Waals surface area contributed by atoms with Gasteiger partial charge in [-0.1, -0.05) is 18.2 Å². The van der Waals surface area contributed by atoms with Gasteiger partial charge in [0.2, 0.25) is 11.6 Å². The van der Waals surface area contributed by atoms with Crippen molar-refractivity contribution in [3.05, 3.63) is 137 Å². The second-order valence-electron chi connectivity index (χ2n) is 11.8. The molecule has 0 spiro atoms. The van der Waals surface area contributed by atoms with Crippen molar-refractivity contribution in [2.24, 2.45) is 7.05 Å². The van der Waals surface area contributed by atoms with Crippen LogP contribution in [0.5, 0.6) is 11.6 Å². The zero-order valence-electron chi connectivity index (χ0n) is 27.1. The quantitative estimate of drug-likeness (QED) is 0.177. The van der Waals surface area contributed by atoms with Gasteiger partial charge in [0.1, 0.15) is 40.4 Å². The number of halogens is 2. The zero-order chi connectivity index (χ0) is 34.9. The number of carbonyl (C=O) groups excluding carboxylic acids is 1. The Morgan fingerprint density at radius 1 is 0.980 bits per heavy atom. The van der Waals surface area contributed by atoms with Crippen LogP contribution in [0.2, 0.25) is 0 Å². The molecule has 0 aliphatic heterocycles. The fourth-order valence-corrected chi connectivity index (χ4v) is 5.64. The van der Waals surface area contributed by atoms with Crippen molar-refractivity contribution in [2.75, 3.05) is 19.4 Å². The fraction of sp³-hybridized carbons (Fsp3) is 0.108. The molecule has 0 saturated carbocycles. The first kappa shape index (κ1) is 32.1. The van der Waals surface area contributed by atoms with Gasteiger partial charge in [-0.3, -0.25) is 18.8 Å². The number of amides is 1. The minimum atomic E-state index is -0.935. The molecule has 1 amide bonds. The highest BCUT2D eigenvalue weighted by Gasteiger charge is 2.24. The molecule has 4 aromatic heterocycles. The second-order valence-corrected chi connectivity index (χ2v) is 11.8. The smallest absolute Gasteiger partial charge is 0.268 e. The summed E-state index contributed by atoms with van der Waals surface area (Å²) in [7, 11) is 5.84. The Hall–Kier alpha value is -6.47. The first-order valence-electron chi connectivity index (χ1n) is 15.4. The molecule has 0 unspecified atom stereocenters. The first-order chi connectivity index (χ1) is 24.1. The van der Waals surface area contributed by atoms with Crippen molar-refractivity contribution < 1.29 is 22.7 Å². The molecule has 7 rings (SSSR count). The Bertz CT molecular complexity index is 2430. The van der Waals surface area contributed by atoms with E-state index in [1.165, 1.54) is 24.7 Å². The van der Waals surface area contributed by atoms with E-state index in [-0.39, 0.29) is 17.1 Å². The molecule has 0 radical (unpaired) electrons. The van der Waals surface area contributed by atoms with Crippen LogP contribution in [0.25, 0.3) is 39.2 Å². The summed E-state index contributed by atoms with van der Waals surface area (Å²) in [6, 6.07) is 20.2. The van der Waals surface area contributed by atoms with E-state index in [1.54, 1.807) is 35.1 Å². The van der Waals surface area contributed by atoms with E-state index in [0.717, 1.165) is 45.5 Å². The normalized spacial score (nSPS) is 11.3. The lowest BCUT2D eigenvalue weighted by Crippen LogP contribution is -2.28. The van der Waals surface area contributed by atoms with Gasteiger partial charge < -0.3 is 19.4 Å². The van der Waals surface area contributed by atoms with Crippen molar-refractivity contribution in [2.45, 2.75) is 6.54 Å². The van der Waals surface area contributed by atoms with Crippen molar-refractivity contribution in [3.8, 4) is 39.8 Å². The summed E-state index contributed by atoms with van der Waals surface area (Å²) in [5.41, 5.74) is 3.04. The monoisotopic (exact) mass is 673 g/mol. The van der Waals surface area contributed by atoms with E-state index in [0.29, 0.717) is 34.4 Å². The van der Waals surface area contributed by atoms with Crippen LogP contribution in [-0.2, 0) is 13.6 Å². The molecule has 50 heavy (non-hydrogen) atoms. The molecule has 3 aromatic carbocycles. The molecule has 0 atom stereocenters. The molecular weight excluding hydrogens is 644 g/mol. The first-order valence-corrected chi connectivity index (χ1v) is 15.4. The standard InChI is InChI=1S/C37H29F2N7O4/c1-44(2)19-22-6-4-7-23(16-22)31-32-35(40-21-41-36(32)50-33(31)24-18-42-45(3)20-24)49-27-12-10-26(11-13-27)43-34(47)28-8-5-15-46(37(28)48)30-14-9-25(38)17-29(30)39/h4-18,20-21H,19H2,1-3H3,(H,43,47). The van der Waals surface area contributed by atoms with Crippen LogP contribution in [0.1, 0.15) is 15.9 Å². The van der Waals surface area contributed by atoms with Crippen molar-refractivity contribution in [1.82, 2.24) is 29.2 Å². The summed E-state index contributed by atoms with van der Waals surface area (Å²) < 4.78 is 43.0. The van der Waals surface area contributed by atoms with Gasteiger partial charge in [-0.05, 0) is 79.8 Å². The number of aromatic nitrogens is 5. The number of ether oxygens (including phenoxy) is 1. The molecule has 0 aliphatic carbocycles. The Morgan fingerprint density at radius 3 is 2.54 bits per heavy atom. The Kier molecular flexibility index (Phi) is 8.48. The van der Waals surface area contributed by atoms with Crippen LogP contribution in [0.15, 0.2) is 113 Å². The SMILES string of the molecule is CN(C)Cc1cccc(-c2c(-c3cnn(C)c3)oc3ncnc(Oc4ccc(NC(=O)c5cccn(-c6ccc(F)cc6F)c5=O)cc4)c23)c1. The van der Waals surface area contributed by atoms with Crippen molar-refractivity contribution >= 4 is 22.7 Å². The van der Waals surface area contributed by atoms with Crippen LogP contribution in [0, 0.1) is 11.6 Å². The van der Waals surface area contributed by atoms with E-state index in [4.69, 9.17) is 9.15 Å². The summed E-state index contributed by atoms with van der Waals surface area (Å²) in [5.74, 6) is -1.18. The average molecular weight is 674 g/mol. The highest BCUT2D eigenvalue weighted by Crippen LogP contribution is 2.44. The minimum absolute atomic E-state index is 0.180. The third-order valence-electron chi connectivity index (χ3n) is 7.82. The zero-order valence-corrected chi connectivity index (χ0v) is 27.1. The van der Waals surface area contributed by atoms with E-state index in [2.05, 4.69) is 37.4 Å². The molecule has 0 bridgehead atoms. The number of carbonyl (C=O) groups is 1. The van der Waals surface area contributed by atoms with Crippen LogP contribution in [0.3, 0.4) is 0 Å². The lowest BCUT2D eigenvalue weighted by molar-refractivity contribution is 0.102. The summed E-state index contributed by atoms with van der Waals surface area (Å²) in [6.45, 7) is 0.738. The van der Waals surface area contributed by atoms with E-state index < -0.39 is 23.1 Å². The predicted octanol–water partition coefficient (Wildman–Crippen LogP) is 6.83. The molecule has 13 heteroatoms. The number of hydrogen-bond donors (Lipinski definition) is 1. The maximum Gasteiger partial charge on any atom is 0.268 e. The number of benzene rings is 3. The van der Waals surface area contributed by atoms with Crippen molar-refractivity contribution in [3.63, 3.8) is 0 Å². The number of nitrogens with zero attached hydrogens (tertiary/aromatic N) is 6. The fourth-order valence-electron chi connectivity index (χ4n) is 5.64. The number of hydrogen-bond acceptors (Lipinski definition) is 8. The molecule has 0 aliphatic rings. The number of rotatable bonds is 9. The highest BCUT2D eigenvalue weighted by atomic mass is 19.1. The van der Waals surface area contributed by atoms with Gasteiger partial charge in [0.25, 0.3) is 11.5 Å². The second kappa shape index (κ2) is 13.2. The highest BCUT2D eigenvalue weighted by molar-refractivity contribution is 6.04. The van der Waals surface area contributed by atoms with Gasteiger partial charge in [0.05, 0.1) is 17.4 Å². The van der Waals surface area contributed by atoms with Gasteiger partial charge in [-0.15, -0.1) is 0 Å². The van der Waals surface area contributed by atoms with Crippen molar-refractivity contribution in [1.29, 1.82) is 0 Å². The molecule has 0 fully saturated rings. The van der Waals surface area contributed by atoms with Crippen LogP contribution >= 0.6 is 0 Å². The summed E-state index contributed by atoms with van der Waals surface area (Å²) >= 11 is 0. The molecule has 11 nitrogen and oxygen atoms in total. The molecule has 7 aromatic rings. The van der Waals surface area contributed by atoms with E-state index in [9.17, 15) is 18.4 Å². The maximum atomic E-state index is 14.4. The minimum Gasteiger partial charge on any atom is -0.438 e. The topological polar surface area (TPSA) is 120 Å². The molecular formula is C37H29F2N7O4. The van der Waals surface area contributed by atoms with Gasteiger partial charge in [-0.25, -0.2) is 18.7 Å². The van der Waals surface area contributed by atoms with Crippen LogP contribution in [0.4, 0.5) is 14.5 Å². The van der Waals surface area contributed by atoms with Gasteiger partial charge in [0, 0.05) is 43.3 Å². The lowest BCUT2D eigenvalue weighted by atomic mass is 9.99. The molecule has 4 heterocycles. The summed E-state index contributed by atoms with van der Waals surface area (Å²) in [5, 5.41) is 7.58. The Morgan fingerprint density at radius 2 is 1.80 bits per heavy atom. The molecule has 1 N–H and O–H groups in total. The third-order valence-corrected chi connectivity index (χ3v) is 7.82. The largest absolute Gasteiger partial charge is 0.438 e. The van der Waals surface area contributed by atoms with Crippen LogP contribution < -0.4 is 15.6 Å². The number of anilines is 1. The number of furan rings is 1. The molecule has 0 saturated heterocycles. The summed E-state index contributed by atoms with van der Waals surface area (Å²) in [6.07, 6.45) is 6.24. The van der Waals surface area contributed by atoms with E-state index in [1.807, 2.05) is 39.5 Å². The van der Waals surface area contributed by atoms with Gasteiger partial charge in [-0.2, -0.15) is 5.10 Å². The Labute approximate surface area is 284 Å². The lowest BCUT2D eigenvalue weighted by Gasteiger charge is -2.12. The average Bonchev–Trinajstić information content (AvgIpc) is 3.70. The number of pyridine rings is 1. The predicted molar refractivity (Wildman–Crippen MR) is 183 cm³/mol. The maximum absolute atomic E-state index is 14.4. The van der Waals surface area contributed by atoms with Crippen LogP contribution in [-0.4, -0.2) is 49.2 Å². The third kappa shape index (κ3) is 6.36. The number of nitrogens with one attached hydrogen (secondary N) is 1. The summed E-state index contributed by atoms with van der Waals surface area (Å²) in [4.78, 5) is 37.1. The van der Waals surface area contributed by atoms with Gasteiger partial charge >= 0.3 is 0 Å². The van der Waals surface area contributed by atoms with Gasteiger partial charge in [0.15, 0.2) is 0 Å². The number of aryl methyl sites for hydroxylation is 1. The number of fused-ring (bicyclic) bond motifs is 1. The molecule has 250 valence electrons.